The summed E-state index contributed by atoms with van der Waals surface area (Å²) in [6, 6.07) is 15.8. The van der Waals surface area contributed by atoms with Gasteiger partial charge in [-0.3, -0.25) is 0 Å². The highest BCUT2D eigenvalue weighted by molar-refractivity contribution is 6.30. The molecule has 0 spiro atoms. The summed E-state index contributed by atoms with van der Waals surface area (Å²) in [5, 5.41) is 6.91. The molecule has 122 valence electrons. The van der Waals surface area contributed by atoms with Crippen LogP contribution in [0.2, 0.25) is 5.02 Å². The first kappa shape index (κ1) is 16.2. The summed E-state index contributed by atoms with van der Waals surface area (Å²) >= 11 is 5.88. The second kappa shape index (κ2) is 7.27. The van der Waals surface area contributed by atoms with E-state index in [0.29, 0.717) is 34.7 Å². The first-order chi connectivity index (χ1) is 11.6. The van der Waals surface area contributed by atoms with Crippen LogP contribution in [0.3, 0.4) is 0 Å². The van der Waals surface area contributed by atoms with E-state index in [1.807, 2.05) is 24.3 Å². The van der Waals surface area contributed by atoms with Gasteiger partial charge in [0.1, 0.15) is 23.3 Å². The normalized spacial score (nSPS) is 10.5. The maximum Gasteiger partial charge on any atom is 0.146 e. The van der Waals surface area contributed by atoms with Gasteiger partial charge in [0.15, 0.2) is 0 Å². The largest absolute Gasteiger partial charge is 0.366 e. The molecule has 6 heteroatoms. The van der Waals surface area contributed by atoms with Crippen LogP contribution in [0.5, 0.6) is 0 Å². The zero-order chi connectivity index (χ0) is 16.9. The molecule has 4 nitrogen and oxygen atoms in total. The lowest BCUT2D eigenvalue weighted by atomic mass is 10.2. The fourth-order valence-corrected chi connectivity index (χ4v) is 2.34. The molecule has 2 N–H and O–H groups in total. The first-order valence-corrected chi connectivity index (χ1v) is 7.83. The minimum atomic E-state index is -0.329. The summed E-state index contributed by atoms with van der Waals surface area (Å²) < 4.78 is 13.7. The molecule has 0 unspecified atom stereocenters. The fourth-order valence-electron chi connectivity index (χ4n) is 2.22. The van der Waals surface area contributed by atoms with Gasteiger partial charge < -0.3 is 10.6 Å². The highest BCUT2D eigenvalue weighted by Crippen LogP contribution is 2.20. The molecule has 0 fully saturated rings. The van der Waals surface area contributed by atoms with Crippen molar-refractivity contribution in [3.05, 3.63) is 76.8 Å². The van der Waals surface area contributed by atoms with Gasteiger partial charge in [0.25, 0.3) is 0 Å². The van der Waals surface area contributed by atoms with Crippen molar-refractivity contribution in [1.82, 2.24) is 9.97 Å². The van der Waals surface area contributed by atoms with Crippen LogP contribution in [-0.4, -0.2) is 9.97 Å². The maximum absolute atomic E-state index is 13.7. The number of nitrogens with zero attached hydrogens (tertiary/aromatic N) is 2. The Kier molecular flexibility index (Phi) is 4.91. The summed E-state index contributed by atoms with van der Waals surface area (Å²) in [6.45, 7) is 2.40. The lowest BCUT2D eigenvalue weighted by Gasteiger charge is -2.11. The Morgan fingerprint density at radius 2 is 1.71 bits per heavy atom. The van der Waals surface area contributed by atoms with Crippen LogP contribution >= 0.6 is 11.6 Å². The number of hydrogen-bond donors (Lipinski definition) is 2. The Morgan fingerprint density at radius 1 is 1.00 bits per heavy atom. The van der Waals surface area contributed by atoms with Crippen LogP contribution in [0.15, 0.2) is 54.6 Å². The molecule has 0 aliphatic heterocycles. The minimum absolute atomic E-state index is 0.329. The molecule has 0 atom stereocenters. The molecule has 0 bridgehead atoms. The van der Waals surface area contributed by atoms with Crippen molar-refractivity contribution in [2.75, 3.05) is 10.6 Å². The highest BCUT2D eigenvalue weighted by atomic mass is 35.5. The Morgan fingerprint density at radius 3 is 2.46 bits per heavy atom. The third kappa shape index (κ3) is 4.20. The standard InChI is InChI=1S/C18H16ClFN4/c1-12-22-17(21-11-13-6-8-14(19)9-7-13)10-18(23-12)24-16-5-3-2-4-15(16)20/h2-10H,11H2,1H3,(H2,21,22,23,24). The average Bonchev–Trinajstić information content (AvgIpc) is 2.56. The molecule has 3 aromatic rings. The number of aryl methyl sites for hydroxylation is 1. The summed E-state index contributed by atoms with van der Waals surface area (Å²) in [7, 11) is 0. The second-order valence-corrected chi connectivity index (χ2v) is 5.71. The number of halogens is 2. The van der Waals surface area contributed by atoms with E-state index < -0.39 is 0 Å². The van der Waals surface area contributed by atoms with Crippen molar-refractivity contribution >= 4 is 28.9 Å². The SMILES string of the molecule is Cc1nc(NCc2ccc(Cl)cc2)cc(Nc2ccccc2F)n1. The molecule has 0 aliphatic rings. The van der Waals surface area contributed by atoms with E-state index in [1.165, 1.54) is 6.07 Å². The lowest BCUT2D eigenvalue weighted by Crippen LogP contribution is -2.05. The molecule has 3 rings (SSSR count). The van der Waals surface area contributed by atoms with Crippen LogP contribution in [0.4, 0.5) is 21.7 Å². The van der Waals surface area contributed by atoms with Crippen molar-refractivity contribution in [3.8, 4) is 0 Å². The molecule has 0 saturated heterocycles. The van der Waals surface area contributed by atoms with Gasteiger partial charge in [-0.15, -0.1) is 0 Å². The van der Waals surface area contributed by atoms with E-state index in [-0.39, 0.29) is 5.82 Å². The summed E-state index contributed by atoms with van der Waals surface area (Å²) in [5.41, 5.74) is 1.46. The van der Waals surface area contributed by atoms with E-state index >= 15 is 0 Å². The summed E-state index contributed by atoms with van der Waals surface area (Å²) in [4.78, 5) is 8.64. The fraction of sp³-hybridized carbons (Fsp3) is 0.111. The van der Waals surface area contributed by atoms with Gasteiger partial charge >= 0.3 is 0 Å². The van der Waals surface area contributed by atoms with Gasteiger partial charge in [-0.1, -0.05) is 35.9 Å². The number of nitrogens with one attached hydrogen (secondary N) is 2. The third-order valence-corrected chi connectivity index (χ3v) is 3.61. The number of para-hydroxylation sites is 1. The number of hydrogen-bond acceptors (Lipinski definition) is 4. The zero-order valence-corrected chi connectivity index (χ0v) is 13.8. The molecule has 1 aromatic heterocycles. The third-order valence-electron chi connectivity index (χ3n) is 3.36. The Balaban J connectivity index is 1.74. The molecule has 24 heavy (non-hydrogen) atoms. The number of aromatic nitrogens is 2. The highest BCUT2D eigenvalue weighted by Gasteiger charge is 2.05. The monoisotopic (exact) mass is 342 g/mol. The first-order valence-electron chi connectivity index (χ1n) is 7.46. The molecular weight excluding hydrogens is 327 g/mol. The number of anilines is 3. The van der Waals surface area contributed by atoms with Gasteiger partial charge in [-0.05, 0) is 36.8 Å². The summed E-state index contributed by atoms with van der Waals surface area (Å²) in [6.07, 6.45) is 0. The van der Waals surface area contributed by atoms with Crippen LogP contribution in [0.1, 0.15) is 11.4 Å². The van der Waals surface area contributed by atoms with Crippen LogP contribution in [0, 0.1) is 12.7 Å². The molecule has 2 aromatic carbocycles. The number of benzene rings is 2. The van der Waals surface area contributed by atoms with Crippen molar-refractivity contribution < 1.29 is 4.39 Å². The van der Waals surface area contributed by atoms with Gasteiger partial charge in [0.2, 0.25) is 0 Å². The van der Waals surface area contributed by atoms with Crippen molar-refractivity contribution in [2.24, 2.45) is 0 Å². The van der Waals surface area contributed by atoms with Gasteiger partial charge in [-0.2, -0.15) is 0 Å². The smallest absolute Gasteiger partial charge is 0.146 e. The van der Waals surface area contributed by atoms with E-state index in [0.717, 1.165) is 5.56 Å². The van der Waals surface area contributed by atoms with Crippen LogP contribution in [0.25, 0.3) is 0 Å². The zero-order valence-electron chi connectivity index (χ0n) is 13.1. The maximum atomic E-state index is 13.7. The molecule has 1 heterocycles. The molecular formula is C18H16ClFN4. The van der Waals surface area contributed by atoms with Gasteiger partial charge in [-0.25, -0.2) is 14.4 Å². The Hall–Kier alpha value is -2.66. The van der Waals surface area contributed by atoms with Gasteiger partial charge in [0.05, 0.1) is 5.69 Å². The predicted octanol–water partition coefficient (Wildman–Crippen LogP) is 4.93. The van der Waals surface area contributed by atoms with Crippen molar-refractivity contribution in [1.29, 1.82) is 0 Å². The molecule has 0 radical (unpaired) electrons. The molecule has 0 saturated carbocycles. The van der Waals surface area contributed by atoms with E-state index in [9.17, 15) is 4.39 Å². The quantitative estimate of drug-likeness (QED) is 0.690. The van der Waals surface area contributed by atoms with Crippen LogP contribution < -0.4 is 10.6 Å². The van der Waals surface area contributed by atoms with E-state index in [1.54, 1.807) is 31.2 Å². The minimum Gasteiger partial charge on any atom is -0.366 e. The second-order valence-electron chi connectivity index (χ2n) is 5.27. The van der Waals surface area contributed by atoms with E-state index in [2.05, 4.69) is 20.6 Å². The molecule has 0 amide bonds. The Bertz CT molecular complexity index is 837. The topological polar surface area (TPSA) is 49.8 Å². The number of rotatable bonds is 5. The van der Waals surface area contributed by atoms with Gasteiger partial charge in [0, 0.05) is 17.6 Å². The predicted molar refractivity (Wildman–Crippen MR) is 95.2 cm³/mol. The van der Waals surface area contributed by atoms with Crippen LogP contribution in [-0.2, 0) is 6.54 Å². The summed E-state index contributed by atoms with van der Waals surface area (Å²) in [5.74, 6) is 1.46. The molecule has 0 aliphatic carbocycles. The van der Waals surface area contributed by atoms with Crippen molar-refractivity contribution in [3.63, 3.8) is 0 Å². The average molecular weight is 343 g/mol. The lowest BCUT2D eigenvalue weighted by molar-refractivity contribution is 0.632. The Labute approximate surface area is 144 Å². The van der Waals surface area contributed by atoms with Crippen molar-refractivity contribution in [2.45, 2.75) is 13.5 Å². The van der Waals surface area contributed by atoms with E-state index in [4.69, 9.17) is 11.6 Å².